The molecule has 2 atom stereocenters. The number of hydrogen-bond acceptors (Lipinski definition) is 2. The van der Waals surface area contributed by atoms with Crippen molar-refractivity contribution in [3.8, 4) is 0 Å². The summed E-state index contributed by atoms with van der Waals surface area (Å²) in [5.74, 6) is 0. The average Bonchev–Trinajstić information content (AvgIpc) is 2.77. The Bertz CT molecular complexity index is 373. The van der Waals surface area contributed by atoms with Crippen molar-refractivity contribution in [1.29, 1.82) is 0 Å². The van der Waals surface area contributed by atoms with Gasteiger partial charge in [-0.2, -0.15) is 5.10 Å². The molecule has 0 spiro atoms. The van der Waals surface area contributed by atoms with Crippen LogP contribution in [0.2, 0.25) is 0 Å². The standard InChI is InChI=1S/C15H26N2O/c1-3-12-11-13(4-2)17(16-12)14-9-7-5-6-8-10-15(14)18/h11,14-15,18H,3-10H2,1-2H3. The molecule has 1 aliphatic carbocycles. The highest BCUT2D eigenvalue weighted by atomic mass is 16.3. The van der Waals surface area contributed by atoms with Crippen LogP contribution in [0.4, 0.5) is 0 Å². The number of nitrogens with zero attached hydrogens (tertiary/aromatic N) is 2. The van der Waals surface area contributed by atoms with E-state index in [9.17, 15) is 5.11 Å². The van der Waals surface area contributed by atoms with Gasteiger partial charge >= 0.3 is 0 Å². The molecule has 0 aliphatic heterocycles. The molecule has 0 amide bonds. The van der Waals surface area contributed by atoms with Crippen LogP contribution in [-0.4, -0.2) is 21.0 Å². The summed E-state index contributed by atoms with van der Waals surface area (Å²) in [5, 5.41) is 15.1. The maximum atomic E-state index is 10.4. The Hall–Kier alpha value is -0.830. The van der Waals surface area contributed by atoms with E-state index in [1.165, 1.54) is 25.0 Å². The van der Waals surface area contributed by atoms with Crippen LogP contribution in [0.15, 0.2) is 6.07 Å². The minimum Gasteiger partial charge on any atom is -0.391 e. The lowest BCUT2D eigenvalue weighted by Crippen LogP contribution is -2.27. The number of aromatic nitrogens is 2. The number of aryl methyl sites for hydroxylation is 2. The minimum atomic E-state index is -0.222. The van der Waals surface area contributed by atoms with E-state index in [0.717, 1.165) is 37.8 Å². The molecule has 1 heterocycles. The number of aliphatic hydroxyl groups is 1. The molecule has 1 aromatic rings. The normalized spacial score (nSPS) is 25.7. The molecule has 1 aromatic heterocycles. The third kappa shape index (κ3) is 2.94. The predicted octanol–water partition coefficient (Wildman–Crippen LogP) is 3.26. The second-order valence-corrected chi connectivity index (χ2v) is 5.40. The first-order chi connectivity index (χ1) is 8.76. The molecule has 1 fully saturated rings. The predicted molar refractivity (Wildman–Crippen MR) is 73.7 cm³/mol. The quantitative estimate of drug-likeness (QED) is 0.894. The van der Waals surface area contributed by atoms with Gasteiger partial charge in [-0.1, -0.05) is 39.5 Å². The molecular weight excluding hydrogens is 224 g/mol. The summed E-state index contributed by atoms with van der Waals surface area (Å²) in [4.78, 5) is 0. The Morgan fingerprint density at radius 2 is 1.89 bits per heavy atom. The lowest BCUT2D eigenvalue weighted by Gasteiger charge is -2.27. The zero-order valence-corrected chi connectivity index (χ0v) is 11.7. The Kier molecular flexibility index (Phi) is 4.81. The molecule has 2 unspecified atom stereocenters. The van der Waals surface area contributed by atoms with E-state index in [4.69, 9.17) is 5.10 Å². The summed E-state index contributed by atoms with van der Waals surface area (Å²) >= 11 is 0. The van der Waals surface area contributed by atoms with Crippen molar-refractivity contribution in [2.75, 3.05) is 0 Å². The topological polar surface area (TPSA) is 38.0 Å². The van der Waals surface area contributed by atoms with E-state index in [-0.39, 0.29) is 12.1 Å². The Morgan fingerprint density at radius 1 is 1.17 bits per heavy atom. The van der Waals surface area contributed by atoms with Gasteiger partial charge < -0.3 is 5.11 Å². The van der Waals surface area contributed by atoms with E-state index >= 15 is 0 Å². The van der Waals surface area contributed by atoms with Gasteiger partial charge in [-0.25, -0.2) is 0 Å². The van der Waals surface area contributed by atoms with E-state index in [2.05, 4.69) is 24.6 Å². The van der Waals surface area contributed by atoms with Crippen molar-refractivity contribution in [3.63, 3.8) is 0 Å². The fourth-order valence-electron chi connectivity index (χ4n) is 2.94. The van der Waals surface area contributed by atoms with Crippen molar-refractivity contribution >= 4 is 0 Å². The van der Waals surface area contributed by atoms with Crippen molar-refractivity contribution < 1.29 is 5.11 Å². The number of rotatable bonds is 3. The molecule has 1 aliphatic rings. The van der Waals surface area contributed by atoms with Gasteiger partial charge in [0.25, 0.3) is 0 Å². The fourth-order valence-corrected chi connectivity index (χ4v) is 2.94. The molecule has 1 N–H and O–H groups in total. The summed E-state index contributed by atoms with van der Waals surface area (Å²) in [5.41, 5.74) is 2.43. The number of hydrogen-bond donors (Lipinski definition) is 1. The van der Waals surface area contributed by atoms with Crippen molar-refractivity contribution in [2.24, 2.45) is 0 Å². The lowest BCUT2D eigenvalue weighted by molar-refractivity contribution is 0.0810. The summed E-state index contributed by atoms with van der Waals surface area (Å²) in [6.45, 7) is 4.31. The van der Waals surface area contributed by atoms with Crippen molar-refractivity contribution in [1.82, 2.24) is 9.78 Å². The first kappa shape index (κ1) is 13.6. The van der Waals surface area contributed by atoms with Gasteiger partial charge in [-0.05, 0) is 31.7 Å². The van der Waals surface area contributed by atoms with Crippen LogP contribution in [0.1, 0.15) is 69.8 Å². The van der Waals surface area contributed by atoms with Crippen molar-refractivity contribution in [2.45, 2.75) is 77.4 Å². The molecule has 3 heteroatoms. The van der Waals surface area contributed by atoms with Crippen molar-refractivity contribution in [3.05, 3.63) is 17.5 Å². The van der Waals surface area contributed by atoms with Crippen LogP contribution in [0.3, 0.4) is 0 Å². The largest absolute Gasteiger partial charge is 0.391 e. The van der Waals surface area contributed by atoms with Crippen LogP contribution in [0.25, 0.3) is 0 Å². The summed E-state index contributed by atoms with van der Waals surface area (Å²) < 4.78 is 2.12. The van der Waals surface area contributed by atoms with Gasteiger partial charge in [0.05, 0.1) is 17.8 Å². The van der Waals surface area contributed by atoms with E-state index < -0.39 is 0 Å². The average molecular weight is 250 g/mol. The summed E-state index contributed by atoms with van der Waals surface area (Å²) in [6, 6.07) is 2.39. The Labute approximate surface area is 110 Å². The molecule has 1 saturated carbocycles. The monoisotopic (exact) mass is 250 g/mol. The first-order valence-corrected chi connectivity index (χ1v) is 7.51. The highest BCUT2D eigenvalue weighted by molar-refractivity contribution is 5.11. The molecule has 102 valence electrons. The fraction of sp³-hybridized carbons (Fsp3) is 0.800. The van der Waals surface area contributed by atoms with Crippen LogP contribution < -0.4 is 0 Å². The van der Waals surface area contributed by atoms with Gasteiger partial charge in [0.2, 0.25) is 0 Å². The van der Waals surface area contributed by atoms with Gasteiger partial charge in [-0.3, -0.25) is 4.68 Å². The second kappa shape index (κ2) is 6.37. The molecule has 2 rings (SSSR count). The van der Waals surface area contributed by atoms with Crippen LogP contribution in [-0.2, 0) is 12.8 Å². The SMILES string of the molecule is CCc1cc(CC)n(C2CCCCCCC2O)n1. The maximum absolute atomic E-state index is 10.4. The third-order valence-corrected chi connectivity index (χ3v) is 4.10. The molecular formula is C15H26N2O. The molecule has 0 bridgehead atoms. The maximum Gasteiger partial charge on any atom is 0.0781 e. The minimum absolute atomic E-state index is 0.195. The first-order valence-electron chi connectivity index (χ1n) is 7.51. The van der Waals surface area contributed by atoms with Gasteiger partial charge in [0.15, 0.2) is 0 Å². The smallest absolute Gasteiger partial charge is 0.0781 e. The lowest BCUT2D eigenvalue weighted by atomic mass is 9.94. The van der Waals surface area contributed by atoms with Crippen LogP contribution >= 0.6 is 0 Å². The van der Waals surface area contributed by atoms with Gasteiger partial charge in [0.1, 0.15) is 0 Å². The molecule has 0 saturated heterocycles. The zero-order chi connectivity index (χ0) is 13.0. The van der Waals surface area contributed by atoms with Gasteiger partial charge in [-0.15, -0.1) is 0 Å². The Balaban J connectivity index is 2.23. The molecule has 18 heavy (non-hydrogen) atoms. The van der Waals surface area contributed by atoms with Crippen LogP contribution in [0.5, 0.6) is 0 Å². The Morgan fingerprint density at radius 3 is 2.56 bits per heavy atom. The highest BCUT2D eigenvalue weighted by Crippen LogP contribution is 2.28. The highest BCUT2D eigenvalue weighted by Gasteiger charge is 2.24. The molecule has 3 nitrogen and oxygen atoms in total. The van der Waals surface area contributed by atoms with Crippen LogP contribution in [0, 0.1) is 0 Å². The molecule has 0 radical (unpaired) electrons. The van der Waals surface area contributed by atoms with E-state index in [1.54, 1.807) is 0 Å². The molecule has 0 aromatic carbocycles. The number of aliphatic hydroxyl groups excluding tert-OH is 1. The zero-order valence-electron chi connectivity index (χ0n) is 11.7. The van der Waals surface area contributed by atoms with E-state index in [1.807, 2.05) is 0 Å². The third-order valence-electron chi connectivity index (χ3n) is 4.10. The summed E-state index contributed by atoms with van der Waals surface area (Å²) in [6.07, 6.45) is 8.68. The summed E-state index contributed by atoms with van der Waals surface area (Å²) in [7, 11) is 0. The van der Waals surface area contributed by atoms with Gasteiger partial charge in [0, 0.05) is 5.69 Å². The van der Waals surface area contributed by atoms with E-state index in [0.29, 0.717) is 0 Å². The second-order valence-electron chi connectivity index (χ2n) is 5.40.